The number of aldehydes is 1. The van der Waals surface area contributed by atoms with Gasteiger partial charge in [0.1, 0.15) is 5.03 Å². The molecule has 5 nitrogen and oxygen atoms in total. The zero-order chi connectivity index (χ0) is 14.5. The van der Waals surface area contributed by atoms with Crippen LogP contribution in [-0.2, 0) is 9.59 Å². The van der Waals surface area contributed by atoms with E-state index < -0.39 is 24.6 Å². The third-order valence-corrected chi connectivity index (χ3v) is 2.56. The highest BCUT2D eigenvalue weighted by atomic mass is 35.5. The first-order valence-electron chi connectivity index (χ1n) is 4.52. The van der Waals surface area contributed by atoms with Crippen molar-refractivity contribution in [1.82, 2.24) is 4.90 Å². The van der Waals surface area contributed by atoms with Gasteiger partial charge in [-0.1, -0.05) is 23.2 Å². The fourth-order valence-corrected chi connectivity index (χ4v) is 1.39. The first-order chi connectivity index (χ1) is 8.15. The minimum atomic E-state index is -4.64. The fourth-order valence-electron chi connectivity index (χ4n) is 0.984. The van der Waals surface area contributed by atoms with Crippen LogP contribution in [0.5, 0.6) is 0 Å². The number of aliphatic hydroxyl groups is 1. The van der Waals surface area contributed by atoms with E-state index in [9.17, 15) is 23.1 Å². The van der Waals surface area contributed by atoms with E-state index in [4.69, 9.17) is 28.0 Å². The van der Waals surface area contributed by atoms with Crippen molar-refractivity contribution >= 4 is 35.4 Å². The number of carbonyl (C=O) groups excluding carboxylic acids is 2. The van der Waals surface area contributed by atoms with Gasteiger partial charge in [-0.25, -0.2) is 0 Å². The quantitative estimate of drug-likeness (QED) is 0.694. The van der Waals surface area contributed by atoms with Crippen LogP contribution in [0.3, 0.4) is 0 Å². The third kappa shape index (κ3) is 4.81. The smallest absolute Gasteiger partial charge is 0.368 e. The summed E-state index contributed by atoms with van der Waals surface area (Å²) in [7, 11) is 0. The molecule has 0 radical (unpaired) electrons. The number of hydrogen-bond donors (Lipinski definition) is 2. The van der Waals surface area contributed by atoms with Gasteiger partial charge in [0.15, 0.2) is 6.23 Å². The van der Waals surface area contributed by atoms with Crippen molar-refractivity contribution in [3.05, 3.63) is 10.1 Å². The topological polar surface area (TPSA) is 85.3 Å². The molecule has 0 aliphatic carbocycles. The molecule has 1 atom stereocenters. The van der Waals surface area contributed by atoms with Gasteiger partial charge in [0.2, 0.25) is 6.29 Å². The van der Waals surface area contributed by atoms with Crippen LogP contribution < -0.4 is 5.73 Å². The molecule has 0 saturated heterocycles. The highest BCUT2D eigenvalue weighted by Crippen LogP contribution is 2.29. The Hall–Kier alpha value is -0.830. The molecule has 1 aliphatic rings. The maximum atomic E-state index is 11.2. The number of carbonyl (C=O) groups is 2. The molecule has 0 bridgehead atoms. The van der Waals surface area contributed by atoms with Crippen molar-refractivity contribution in [2.45, 2.75) is 12.4 Å². The standard InChI is InChI=1S/C6H8Cl2N2O2.C2HF3O/c7-3-4(8)6(12)10(2-1-9)5(3)11;3-2(4,5)1-6/h5,11H,1-2,9H2;1H/p+1. The van der Waals surface area contributed by atoms with E-state index in [1.54, 1.807) is 0 Å². The predicted molar refractivity (Wildman–Crippen MR) is 56.3 cm³/mol. The second kappa shape index (κ2) is 6.93. The van der Waals surface area contributed by atoms with Gasteiger partial charge in [-0.15, -0.1) is 0 Å². The van der Waals surface area contributed by atoms with Crippen molar-refractivity contribution in [2.75, 3.05) is 13.1 Å². The summed E-state index contributed by atoms with van der Waals surface area (Å²) in [6.45, 7) is 0.865. The lowest BCUT2D eigenvalue weighted by molar-refractivity contribution is -0.369. The van der Waals surface area contributed by atoms with Crippen LogP contribution in [0.25, 0.3) is 0 Å². The number of aliphatic hydroxyl groups excluding tert-OH is 1. The second-order valence-corrected chi connectivity index (χ2v) is 3.83. The Balaban J connectivity index is 0.000000411. The molecule has 0 saturated carbocycles. The van der Waals surface area contributed by atoms with Gasteiger partial charge in [0.05, 0.1) is 18.1 Å². The van der Waals surface area contributed by atoms with E-state index in [1.807, 2.05) is 0 Å². The number of alkyl halides is 3. The van der Waals surface area contributed by atoms with Crippen LogP contribution >= 0.6 is 23.2 Å². The largest absolute Gasteiger partial charge is 0.446 e. The van der Waals surface area contributed by atoms with Gasteiger partial charge < -0.3 is 15.7 Å². The lowest BCUT2D eigenvalue weighted by Crippen LogP contribution is -2.56. The van der Waals surface area contributed by atoms with Crippen molar-refractivity contribution in [1.29, 1.82) is 0 Å². The molecule has 0 spiro atoms. The lowest BCUT2D eigenvalue weighted by Gasteiger charge is -2.18. The van der Waals surface area contributed by atoms with Gasteiger partial charge in [0, 0.05) is 0 Å². The molecule has 4 N–H and O–H groups in total. The Morgan fingerprint density at radius 2 is 1.89 bits per heavy atom. The molecule has 104 valence electrons. The van der Waals surface area contributed by atoms with Gasteiger partial charge in [-0.2, -0.15) is 13.2 Å². The molecule has 1 rings (SSSR count). The molecule has 0 aromatic carbocycles. The Morgan fingerprint density at radius 3 is 2.11 bits per heavy atom. The van der Waals surface area contributed by atoms with Crippen LogP contribution in [0.2, 0.25) is 0 Å². The summed E-state index contributed by atoms with van der Waals surface area (Å²) in [6, 6.07) is 0. The van der Waals surface area contributed by atoms with Crippen LogP contribution in [0.15, 0.2) is 10.1 Å². The van der Waals surface area contributed by atoms with Crippen LogP contribution in [0.1, 0.15) is 0 Å². The zero-order valence-corrected chi connectivity index (χ0v) is 10.4. The molecule has 10 heteroatoms. The summed E-state index contributed by atoms with van der Waals surface area (Å²) >= 11 is 11.1. The van der Waals surface area contributed by atoms with E-state index >= 15 is 0 Å². The Morgan fingerprint density at radius 1 is 1.44 bits per heavy atom. The van der Waals surface area contributed by atoms with Gasteiger partial charge in [-0.05, 0) is 0 Å². The fraction of sp³-hybridized carbons (Fsp3) is 0.500. The molecular formula is C8H10Cl2F3N2O3+. The monoisotopic (exact) mass is 309 g/mol. The number of halogens is 5. The average molecular weight is 310 g/mol. The number of hydrogen-bond acceptors (Lipinski definition) is 3. The average Bonchev–Trinajstić information content (AvgIpc) is 2.47. The molecule has 18 heavy (non-hydrogen) atoms. The molecule has 1 amide bonds. The van der Waals surface area contributed by atoms with E-state index in [0.29, 0.717) is 13.1 Å². The Bertz CT molecular complexity index is 360. The first kappa shape index (κ1) is 17.2. The summed E-state index contributed by atoms with van der Waals surface area (Å²) in [5.74, 6) is -0.433. The molecule has 1 heterocycles. The normalized spacial score (nSPS) is 19.8. The van der Waals surface area contributed by atoms with Gasteiger partial charge >= 0.3 is 6.18 Å². The SMILES string of the molecule is O=CC(F)(F)F.[NH3+]CCN1C(=O)C(Cl)=C(Cl)C1O. The molecule has 0 aromatic heterocycles. The summed E-state index contributed by atoms with van der Waals surface area (Å²) in [6.07, 6.45) is -6.79. The molecular weight excluding hydrogens is 300 g/mol. The number of quaternary nitrogens is 1. The van der Waals surface area contributed by atoms with E-state index in [2.05, 4.69) is 5.73 Å². The molecule has 0 fully saturated rings. The Kier molecular flexibility index (Phi) is 6.61. The predicted octanol–water partition coefficient (Wildman–Crippen LogP) is -0.174. The summed E-state index contributed by atoms with van der Waals surface area (Å²) in [5.41, 5.74) is 3.56. The summed E-state index contributed by atoms with van der Waals surface area (Å²) in [4.78, 5) is 21.1. The van der Waals surface area contributed by atoms with Crippen LogP contribution in [0.4, 0.5) is 13.2 Å². The van der Waals surface area contributed by atoms with Crippen molar-refractivity contribution in [3.63, 3.8) is 0 Å². The van der Waals surface area contributed by atoms with Crippen molar-refractivity contribution in [3.8, 4) is 0 Å². The zero-order valence-electron chi connectivity index (χ0n) is 8.88. The summed E-state index contributed by atoms with van der Waals surface area (Å²) in [5, 5.41) is 9.23. The highest BCUT2D eigenvalue weighted by molar-refractivity contribution is 6.49. The van der Waals surface area contributed by atoms with Crippen LogP contribution in [-0.4, -0.2) is 47.7 Å². The molecule has 1 unspecified atom stereocenters. The minimum absolute atomic E-state index is 0.00452. The second-order valence-electron chi connectivity index (χ2n) is 3.05. The third-order valence-electron chi connectivity index (χ3n) is 1.71. The highest BCUT2D eigenvalue weighted by Gasteiger charge is 2.36. The minimum Gasteiger partial charge on any atom is -0.368 e. The van der Waals surface area contributed by atoms with E-state index in [1.165, 1.54) is 4.90 Å². The maximum absolute atomic E-state index is 11.2. The van der Waals surface area contributed by atoms with Gasteiger partial charge in [0.25, 0.3) is 5.91 Å². The van der Waals surface area contributed by atoms with Crippen molar-refractivity contribution < 1.29 is 33.6 Å². The number of rotatable bonds is 2. The number of amides is 1. The van der Waals surface area contributed by atoms with E-state index in [0.717, 1.165) is 0 Å². The van der Waals surface area contributed by atoms with Gasteiger partial charge in [-0.3, -0.25) is 9.59 Å². The van der Waals surface area contributed by atoms with E-state index in [-0.39, 0.29) is 10.1 Å². The lowest BCUT2D eigenvalue weighted by atomic mass is 10.5. The number of nitrogens with zero attached hydrogens (tertiary/aromatic N) is 1. The Labute approximate surface area is 110 Å². The van der Waals surface area contributed by atoms with Crippen LogP contribution in [0, 0.1) is 0 Å². The van der Waals surface area contributed by atoms with Crippen molar-refractivity contribution in [2.24, 2.45) is 0 Å². The summed E-state index contributed by atoms with van der Waals surface area (Å²) < 4.78 is 31.2. The maximum Gasteiger partial charge on any atom is 0.446 e. The molecule has 0 aromatic rings. The molecule has 1 aliphatic heterocycles. The first-order valence-corrected chi connectivity index (χ1v) is 5.27.